The third kappa shape index (κ3) is 4.17. The second kappa shape index (κ2) is 8.87. The van der Waals surface area contributed by atoms with Crippen molar-refractivity contribution in [2.45, 2.75) is 25.4 Å². The first-order chi connectivity index (χ1) is 15.3. The molecule has 2 nitrogen and oxygen atoms in total. The van der Waals surface area contributed by atoms with Crippen molar-refractivity contribution in [1.29, 1.82) is 0 Å². The highest BCUT2D eigenvalue weighted by molar-refractivity contribution is 5.73. The first-order valence-corrected chi connectivity index (χ1v) is 11.2. The van der Waals surface area contributed by atoms with E-state index in [0.29, 0.717) is 6.04 Å². The summed E-state index contributed by atoms with van der Waals surface area (Å²) in [6.45, 7) is 2.19. The Bertz CT molecular complexity index is 1080. The second-order valence-corrected chi connectivity index (χ2v) is 8.50. The molecule has 0 unspecified atom stereocenters. The van der Waals surface area contributed by atoms with Crippen LogP contribution >= 0.6 is 0 Å². The number of rotatable bonds is 5. The minimum absolute atomic E-state index is 0.567. The van der Waals surface area contributed by atoms with Gasteiger partial charge in [-0.3, -0.25) is 4.90 Å². The minimum atomic E-state index is 0.567. The third-order valence-corrected chi connectivity index (χ3v) is 6.48. The molecule has 1 aliphatic heterocycles. The fourth-order valence-corrected chi connectivity index (χ4v) is 4.73. The van der Waals surface area contributed by atoms with Gasteiger partial charge in [-0.2, -0.15) is 4.57 Å². The summed E-state index contributed by atoms with van der Waals surface area (Å²) in [7, 11) is 2.26. The first kappa shape index (κ1) is 19.7. The second-order valence-electron chi connectivity index (χ2n) is 8.50. The van der Waals surface area contributed by atoms with E-state index in [0.717, 1.165) is 6.54 Å². The molecule has 154 valence electrons. The van der Waals surface area contributed by atoms with Crippen LogP contribution in [-0.4, -0.2) is 24.5 Å². The van der Waals surface area contributed by atoms with E-state index >= 15 is 0 Å². The molecule has 0 radical (unpaired) electrons. The van der Waals surface area contributed by atoms with Gasteiger partial charge in [0.05, 0.1) is 6.04 Å². The van der Waals surface area contributed by atoms with Gasteiger partial charge in [-0.1, -0.05) is 66.7 Å². The van der Waals surface area contributed by atoms with Crippen LogP contribution in [0, 0.1) is 0 Å². The average molecular weight is 406 g/mol. The van der Waals surface area contributed by atoms with Crippen LogP contribution in [0.25, 0.3) is 33.6 Å². The molecule has 2 heterocycles. The number of nitrogens with zero attached hydrogens (tertiary/aromatic N) is 2. The van der Waals surface area contributed by atoms with E-state index in [2.05, 4.69) is 120 Å². The standard InChI is InChI=1S/C29H29N2/c1-30-19-11-18-27(30)22-31-28(24-14-7-3-8-15-24)20-26(23-12-5-2-6-13-23)21-29(31)25-16-9-4-10-17-25/h2-10,12-17,20-21,27H,11,18-19,22H2,1H3/q+1/t27-/m0/s1. The van der Waals surface area contributed by atoms with Gasteiger partial charge in [-0.25, -0.2) is 0 Å². The van der Waals surface area contributed by atoms with E-state index in [9.17, 15) is 0 Å². The Morgan fingerprint density at radius 2 is 1.16 bits per heavy atom. The highest BCUT2D eigenvalue weighted by Gasteiger charge is 2.30. The zero-order valence-electron chi connectivity index (χ0n) is 18.1. The maximum Gasteiger partial charge on any atom is 0.213 e. The smallest absolute Gasteiger partial charge is 0.213 e. The summed E-state index contributed by atoms with van der Waals surface area (Å²) in [5, 5.41) is 0. The highest BCUT2D eigenvalue weighted by atomic mass is 15.2. The van der Waals surface area contributed by atoms with Gasteiger partial charge in [0.25, 0.3) is 0 Å². The number of pyridine rings is 1. The van der Waals surface area contributed by atoms with Gasteiger partial charge < -0.3 is 0 Å². The predicted molar refractivity (Wildman–Crippen MR) is 129 cm³/mol. The Morgan fingerprint density at radius 3 is 1.61 bits per heavy atom. The van der Waals surface area contributed by atoms with Crippen LogP contribution in [-0.2, 0) is 6.54 Å². The summed E-state index contributed by atoms with van der Waals surface area (Å²) in [4.78, 5) is 2.52. The van der Waals surface area contributed by atoms with Crippen molar-refractivity contribution in [3.05, 3.63) is 103 Å². The molecular weight excluding hydrogens is 376 g/mol. The average Bonchev–Trinajstić information content (AvgIpc) is 3.25. The zero-order chi connectivity index (χ0) is 21.0. The lowest BCUT2D eigenvalue weighted by molar-refractivity contribution is -0.679. The monoisotopic (exact) mass is 405 g/mol. The van der Waals surface area contributed by atoms with Gasteiger partial charge in [-0.15, -0.1) is 0 Å². The van der Waals surface area contributed by atoms with Gasteiger partial charge in [-0.05, 0) is 61.8 Å². The molecule has 4 aromatic rings. The van der Waals surface area contributed by atoms with Crippen LogP contribution in [0.1, 0.15) is 12.8 Å². The lowest BCUT2D eigenvalue weighted by Crippen LogP contribution is -2.47. The molecule has 1 fully saturated rings. The van der Waals surface area contributed by atoms with Crippen LogP contribution in [0.5, 0.6) is 0 Å². The Kier molecular flexibility index (Phi) is 5.64. The first-order valence-electron chi connectivity index (χ1n) is 11.2. The van der Waals surface area contributed by atoms with Crippen molar-refractivity contribution >= 4 is 0 Å². The molecule has 0 spiro atoms. The fraction of sp³-hybridized carbons (Fsp3) is 0.207. The van der Waals surface area contributed by atoms with Crippen LogP contribution < -0.4 is 4.57 Å². The Morgan fingerprint density at radius 1 is 0.677 bits per heavy atom. The quantitative estimate of drug-likeness (QED) is 0.366. The van der Waals surface area contributed by atoms with Crippen molar-refractivity contribution in [2.75, 3.05) is 13.6 Å². The van der Waals surface area contributed by atoms with E-state index in [1.165, 1.54) is 53.0 Å². The van der Waals surface area contributed by atoms with E-state index in [1.54, 1.807) is 0 Å². The summed E-state index contributed by atoms with van der Waals surface area (Å²) >= 11 is 0. The number of likely N-dealkylation sites (tertiary alicyclic amines) is 1. The van der Waals surface area contributed by atoms with Crippen molar-refractivity contribution in [3.63, 3.8) is 0 Å². The maximum atomic E-state index is 2.55. The fourth-order valence-electron chi connectivity index (χ4n) is 4.73. The molecule has 2 heteroatoms. The molecule has 0 N–H and O–H groups in total. The maximum absolute atomic E-state index is 2.55. The van der Waals surface area contributed by atoms with Crippen molar-refractivity contribution in [1.82, 2.24) is 4.90 Å². The number of hydrogen-bond donors (Lipinski definition) is 0. The molecule has 5 rings (SSSR count). The molecule has 1 atom stereocenters. The van der Waals surface area contributed by atoms with Gasteiger partial charge in [0.2, 0.25) is 11.4 Å². The summed E-state index contributed by atoms with van der Waals surface area (Å²) in [5.74, 6) is 0. The van der Waals surface area contributed by atoms with Crippen LogP contribution in [0.2, 0.25) is 0 Å². The van der Waals surface area contributed by atoms with Gasteiger partial charge >= 0.3 is 0 Å². The third-order valence-electron chi connectivity index (χ3n) is 6.48. The van der Waals surface area contributed by atoms with E-state index in [-0.39, 0.29) is 0 Å². The molecular formula is C29H29N2+. The molecule has 31 heavy (non-hydrogen) atoms. The molecule has 1 saturated heterocycles. The number of hydrogen-bond acceptors (Lipinski definition) is 1. The number of aromatic nitrogens is 1. The molecule has 0 aliphatic carbocycles. The highest BCUT2D eigenvalue weighted by Crippen LogP contribution is 2.30. The summed E-state index contributed by atoms with van der Waals surface area (Å²) < 4.78 is 2.55. The van der Waals surface area contributed by atoms with Crippen LogP contribution in [0.4, 0.5) is 0 Å². The van der Waals surface area contributed by atoms with Crippen molar-refractivity contribution < 1.29 is 4.57 Å². The van der Waals surface area contributed by atoms with Crippen LogP contribution in [0.3, 0.4) is 0 Å². The topological polar surface area (TPSA) is 7.12 Å². The lowest BCUT2D eigenvalue weighted by Gasteiger charge is -2.20. The van der Waals surface area contributed by atoms with E-state index in [4.69, 9.17) is 0 Å². The van der Waals surface area contributed by atoms with E-state index in [1.807, 2.05) is 0 Å². The van der Waals surface area contributed by atoms with Crippen molar-refractivity contribution in [2.24, 2.45) is 0 Å². The summed E-state index contributed by atoms with van der Waals surface area (Å²) in [5.41, 5.74) is 7.59. The molecule has 1 aromatic heterocycles. The molecule has 0 bridgehead atoms. The van der Waals surface area contributed by atoms with Crippen molar-refractivity contribution in [3.8, 4) is 33.6 Å². The SMILES string of the molecule is CN1CCC[C@H]1C[n+]1c(-c2ccccc2)cc(-c2ccccc2)cc1-c1ccccc1. The Hall–Kier alpha value is -3.23. The van der Waals surface area contributed by atoms with Crippen LogP contribution in [0.15, 0.2) is 103 Å². The number of benzene rings is 3. The molecule has 0 saturated carbocycles. The normalized spacial score (nSPS) is 16.5. The number of likely N-dealkylation sites (N-methyl/N-ethyl adjacent to an activating group) is 1. The Labute approximate surface area is 185 Å². The molecule has 3 aromatic carbocycles. The predicted octanol–water partition coefficient (Wildman–Crippen LogP) is 6.07. The Balaban J connectivity index is 1.75. The zero-order valence-corrected chi connectivity index (χ0v) is 18.1. The summed E-state index contributed by atoms with van der Waals surface area (Å²) in [6.07, 6.45) is 2.54. The van der Waals surface area contributed by atoms with Gasteiger partial charge in [0, 0.05) is 23.3 Å². The lowest BCUT2D eigenvalue weighted by atomic mass is 9.98. The molecule has 1 aliphatic rings. The molecule has 0 amide bonds. The minimum Gasteiger partial charge on any atom is -0.298 e. The largest absolute Gasteiger partial charge is 0.298 e. The summed E-state index contributed by atoms with van der Waals surface area (Å²) in [6, 6.07) is 37.7. The van der Waals surface area contributed by atoms with Gasteiger partial charge in [0.1, 0.15) is 0 Å². The van der Waals surface area contributed by atoms with Gasteiger partial charge in [0.15, 0.2) is 6.54 Å². The van der Waals surface area contributed by atoms with E-state index < -0.39 is 0 Å².